The van der Waals surface area contributed by atoms with E-state index in [1.165, 1.54) is 4.90 Å². The van der Waals surface area contributed by atoms with Gasteiger partial charge in [0.15, 0.2) is 0 Å². The summed E-state index contributed by atoms with van der Waals surface area (Å²) in [5, 5.41) is 10.3. The average molecular weight is 259 g/mol. The molecule has 1 aromatic carbocycles. The van der Waals surface area contributed by atoms with Crippen molar-refractivity contribution in [1.29, 1.82) is 0 Å². The molecule has 0 spiro atoms. The molecular weight excluding hydrogens is 242 g/mol. The lowest BCUT2D eigenvalue weighted by Crippen LogP contribution is -2.00. The van der Waals surface area contributed by atoms with E-state index in [-0.39, 0.29) is 0 Å². The van der Waals surface area contributed by atoms with E-state index in [1.54, 1.807) is 24.2 Å². The predicted octanol–water partition coefficient (Wildman–Crippen LogP) is 3.58. The number of aliphatic hydroxyl groups is 1. The Bertz CT molecular complexity index is 510. The Morgan fingerprint density at radius 2 is 1.89 bits per heavy atom. The van der Waals surface area contributed by atoms with Crippen LogP contribution in [0.3, 0.4) is 0 Å². The van der Waals surface area contributed by atoms with Crippen LogP contribution < -0.4 is 0 Å². The van der Waals surface area contributed by atoms with Crippen molar-refractivity contribution in [2.45, 2.75) is 24.8 Å². The molecule has 0 aliphatic heterocycles. The van der Waals surface area contributed by atoms with Gasteiger partial charge in [-0.1, -0.05) is 25.1 Å². The van der Waals surface area contributed by atoms with Gasteiger partial charge < -0.3 is 5.11 Å². The molecule has 3 heteroatoms. The second kappa shape index (κ2) is 6.03. The highest BCUT2D eigenvalue weighted by Gasteiger charge is 2.10. The molecule has 1 N–H and O–H groups in total. The van der Waals surface area contributed by atoms with Gasteiger partial charge >= 0.3 is 0 Å². The van der Waals surface area contributed by atoms with E-state index in [4.69, 9.17) is 0 Å². The van der Waals surface area contributed by atoms with Gasteiger partial charge in [-0.25, -0.2) is 0 Å². The molecule has 1 unspecified atom stereocenters. The monoisotopic (exact) mass is 259 g/mol. The summed E-state index contributed by atoms with van der Waals surface area (Å²) >= 11 is 1.80. The van der Waals surface area contributed by atoms with E-state index in [0.29, 0.717) is 0 Å². The number of pyridine rings is 1. The fourth-order valence-electron chi connectivity index (χ4n) is 1.83. The van der Waals surface area contributed by atoms with Gasteiger partial charge in [0.25, 0.3) is 0 Å². The largest absolute Gasteiger partial charge is 0.384 e. The first-order chi connectivity index (χ1) is 8.70. The topological polar surface area (TPSA) is 33.1 Å². The van der Waals surface area contributed by atoms with E-state index in [2.05, 4.69) is 24.0 Å². The van der Waals surface area contributed by atoms with Crippen LogP contribution in [0.25, 0.3) is 0 Å². The van der Waals surface area contributed by atoms with Crippen molar-refractivity contribution >= 4 is 11.8 Å². The Morgan fingerprint density at radius 1 is 1.17 bits per heavy atom. The van der Waals surface area contributed by atoms with Crippen LogP contribution in [0.15, 0.2) is 47.6 Å². The third kappa shape index (κ3) is 3.12. The highest BCUT2D eigenvalue weighted by atomic mass is 32.2. The number of aromatic nitrogens is 1. The van der Waals surface area contributed by atoms with Crippen LogP contribution in [0.4, 0.5) is 0 Å². The Hall–Kier alpha value is -1.32. The summed E-state index contributed by atoms with van der Waals surface area (Å²) in [6, 6.07) is 10.0. The van der Waals surface area contributed by atoms with Crippen LogP contribution in [-0.2, 0) is 0 Å². The molecule has 0 fully saturated rings. The standard InChI is InChI=1S/C15H17NOS/c1-3-18-14-6-4-12(5-7-14)15(17)13-8-11(2)9-16-10-13/h4-10,15,17H,3H2,1-2H3. The lowest BCUT2D eigenvalue weighted by Gasteiger charge is -2.12. The fourth-order valence-corrected chi connectivity index (χ4v) is 2.50. The van der Waals surface area contributed by atoms with E-state index in [9.17, 15) is 5.11 Å². The number of hydrogen-bond acceptors (Lipinski definition) is 3. The number of nitrogens with zero attached hydrogens (tertiary/aromatic N) is 1. The molecule has 0 saturated heterocycles. The Balaban J connectivity index is 2.20. The number of rotatable bonds is 4. The number of aliphatic hydroxyl groups excluding tert-OH is 1. The molecule has 0 radical (unpaired) electrons. The maximum atomic E-state index is 10.3. The molecule has 0 aliphatic carbocycles. The van der Waals surface area contributed by atoms with Gasteiger partial charge in [0.05, 0.1) is 0 Å². The van der Waals surface area contributed by atoms with Gasteiger partial charge in [-0.15, -0.1) is 11.8 Å². The molecule has 0 bridgehead atoms. The summed E-state index contributed by atoms with van der Waals surface area (Å²) in [6.45, 7) is 4.11. The van der Waals surface area contributed by atoms with Crippen molar-refractivity contribution < 1.29 is 5.11 Å². The molecule has 94 valence electrons. The van der Waals surface area contributed by atoms with E-state index in [0.717, 1.165) is 22.4 Å². The van der Waals surface area contributed by atoms with Gasteiger partial charge in [0, 0.05) is 22.9 Å². The van der Waals surface area contributed by atoms with Crippen LogP contribution in [0.5, 0.6) is 0 Å². The summed E-state index contributed by atoms with van der Waals surface area (Å²) < 4.78 is 0. The molecule has 1 aromatic heterocycles. The Kier molecular flexibility index (Phi) is 4.39. The predicted molar refractivity (Wildman–Crippen MR) is 75.9 cm³/mol. The van der Waals surface area contributed by atoms with Crippen molar-refractivity contribution in [2.24, 2.45) is 0 Å². The van der Waals surface area contributed by atoms with Gasteiger partial charge in [0.2, 0.25) is 0 Å². The molecular formula is C15H17NOS. The third-order valence-corrected chi connectivity index (χ3v) is 3.61. The van der Waals surface area contributed by atoms with Crippen LogP contribution >= 0.6 is 11.8 Å². The normalized spacial score (nSPS) is 12.4. The molecule has 18 heavy (non-hydrogen) atoms. The zero-order valence-electron chi connectivity index (χ0n) is 10.6. The molecule has 0 saturated carbocycles. The first kappa shape index (κ1) is 13.1. The highest BCUT2D eigenvalue weighted by Crippen LogP contribution is 2.25. The SMILES string of the molecule is CCSc1ccc(C(O)c2cncc(C)c2)cc1. The smallest absolute Gasteiger partial charge is 0.106 e. The van der Waals surface area contributed by atoms with Crippen LogP contribution in [-0.4, -0.2) is 15.8 Å². The Labute approximate surface area is 112 Å². The molecule has 1 heterocycles. The molecule has 2 aromatic rings. The first-order valence-corrected chi connectivity index (χ1v) is 7.01. The summed E-state index contributed by atoms with van der Waals surface area (Å²) in [5.41, 5.74) is 2.80. The highest BCUT2D eigenvalue weighted by molar-refractivity contribution is 7.99. The van der Waals surface area contributed by atoms with Crippen molar-refractivity contribution in [2.75, 3.05) is 5.75 Å². The van der Waals surface area contributed by atoms with E-state index < -0.39 is 6.10 Å². The second-order valence-electron chi connectivity index (χ2n) is 4.20. The summed E-state index contributed by atoms with van der Waals surface area (Å²) in [7, 11) is 0. The molecule has 2 nitrogen and oxygen atoms in total. The second-order valence-corrected chi connectivity index (χ2v) is 5.54. The fraction of sp³-hybridized carbons (Fsp3) is 0.267. The lowest BCUT2D eigenvalue weighted by molar-refractivity contribution is 0.219. The summed E-state index contributed by atoms with van der Waals surface area (Å²) in [6.07, 6.45) is 2.90. The number of thioether (sulfide) groups is 1. The maximum absolute atomic E-state index is 10.3. The number of hydrogen-bond donors (Lipinski definition) is 1. The lowest BCUT2D eigenvalue weighted by atomic mass is 10.0. The molecule has 1 atom stereocenters. The Morgan fingerprint density at radius 3 is 2.50 bits per heavy atom. The van der Waals surface area contributed by atoms with Gasteiger partial charge in [-0.05, 0) is 35.9 Å². The van der Waals surface area contributed by atoms with E-state index in [1.807, 2.05) is 25.1 Å². The van der Waals surface area contributed by atoms with Crippen LogP contribution in [0.1, 0.15) is 29.7 Å². The summed E-state index contributed by atoms with van der Waals surface area (Å²) in [4.78, 5) is 5.35. The minimum Gasteiger partial charge on any atom is -0.384 e. The zero-order valence-corrected chi connectivity index (χ0v) is 11.4. The van der Waals surface area contributed by atoms with Crippen molar-refractivity contribution in [3.8, 4) is 0 Å². The van der Waals surface area contributed by atoms with Crippen LogP contribution in [0.2, 0.25) is 0 Å². The number of benzene rings is 1. The summed E-state index contributed by atoms with van der Waals surface area (Å²) in [5.74, 6) is 1.06. The zero-order chi connectivity index (χ0) is 13.0. The molecule has 0 aliphatic rings. The average Bonchev–Trinajstić information content (AvgIpc) is 2.39. The van der Waals surface area contributed by atoms with Crippen LogP contribution in [0, 0.1) is 6.92 Å². The quantitative estimate of drug-likeness (QED) is 0.852. The van der Waals surface area contributed by atoms with Gasteiger partial charge in [-0.2, -0.15) is 0 Å². The number of aryl methyl sites for hydroxylation is 1. The minimum absolute atomic E-state index is 0.599. The maximum Gasteiger partial charge on any atom is 0.106 e. The molecule has 2 rings (SSSR count). The third-order valence-electron chi connectivity index (χ3n) is 2.72. The first-order valence-electron chi connectivity index (χ1n) is 6.03. The van der Waals surface area contributed by atoms with Crippen molar-refractivity contribution in [1.82, 2.24) is 4.98 Å². The van der Waals surface area contributed by atoms with E-state index >= 15 is 0 Å². The van der Waals surface area contributed by atoms with Crippen molar-refractivity contribution in [3.05, 3.63) is 59.4 Å². The van der Waals surface area contributed by atoms with Gasteiger partial charge in [0.1, 0.15) is 6.10 Å². The van der Waals surface area contributed by atoms with Crippen molar-refractivity contribution in [3.63, 3.8) is 0 Å². The molecule has 0 amide bonds. The minimum atomic E-state index is -0.599. The van der Waals surface area contributed by atoms with Gasteiger partial charge in [-0.3, -0.25) is 4.98 Å².